The number of carbonyl (C=O) groups excluding carboxylic acids is 2. The Labute approximate surface area is 139 Å². The molecule has 0 bridgehead atoms. The summed E-state index contributed by atoms with van der Waals surface area (Å²) in [5.41, 5.74) is 1.19. The maximum absolute atomic E-state index is 12.3. The summed E-state index contributed by atoms with van der Waals surface area (Å²) in [6.45, 7) is 2.99. The van der Waals surface area contributed by atoms with Gasteiger partial charge in [-0.3, -0.25) is 19.5 Å². The van der Waals surface area contributed by atoms with E-state index >= 15 is 0 Å². The van der Waals surface area contributed by atoms with Gasteiger partial charge in [-0.2, -0.15) is 0 Å². The number of rotatable bonds is 3. The molecule has 0 saturated carbocycles. The van der Waals surface area contributed by atoms with Gasteiger partial charge in [-0.1, -0.05) is 18.2 Å². The average Bonchev–Trinajstić information content (AvgIpc) is 2.62. The van der Waals surface area contributed by atoms with Crippen LogP contribution in [0.5, 0.6) is 0 Å². The fourth-order valence-electron chi connectivity index (χ4n) is 2.84. The number of nitrogens with one attached hydrogen (secondary N) is 1. The summed E-state index contributed by atoms with van der Waals surface area (Å²) in [6.07, 6.45) is 1.65. The minimum atomic E-state index is -0.649. The molecule has 0 unspecified atom stereocenters. The van der Waals surface area contributed by atoms with Crippen molar-refractivity contribution in [2.45, 2.75) is 0 Å². The maximum Gasteiger partial charge on any atom is 0.313 e. The Balaban J connectivity index is 1.65. The number of pyridine rings is 1. The van der Waals surface area contributed by atoms with Gasteiger partial charge in [-0.25, -0.2) is 0 Å². The van der Waals surface area contributed by atoms with Crippen LogP contribution < -0.4 is 5.32 Å². The highest BCUT2D eigenvalue weighted by Gasteiger charge is 2.26. The van der Waals surface area contributed by atoms with Crippen LogP contribution >= 0.6 is 0 Å². The van der Waals surface area contributed by atoms with Crippen molar-refractivity contribution in [1.82, 2.24) is 14.8 Å². The second-order valence-corrected chi connectivity index (χ2v) is 5.69. The van der Waals surface area contributed by atoms with E-state index in [0.717, 1.165) is 5.39 Å². The third kappa shape index (κ3) is 3.52. The maximum atomic E-state index is 12.3. The summed E-state index contributed by atoms with van der Waals surface area (Å²) in [7, 11) is 0. The summed E-state index contributed by atoms with van der Waals surface area (Å²) < 4.78 is 0. The predicted octanol–water partition coefficient (Wildman–Crippen LogP) is 0.310. The molecule has 1 aromatic heterocycles. The number of carbonyl (C=O) groups is 2. The minimum Gasteiger partial charge on any atom is -0.395 e. The molecule has 24 heavy (non-hydrogen) atoms. The lowest BCUT2D eigenvalue weighted by molar-refractivity contribution is -0.144. The highest BCUT2D eigenvalue weighted by Crippen LogP contribution is 2.20. The molecule has 7 nitrogen and oxygen atoms in total. The topological polar surface area (TPSA) is 85.8 Å². The van der Waals surface area contributed by atoms with Crippen molar-refractivity contribution in [2.75, 3.05) is 44.6 Å². The van der Waals surface area contributed by atoms with Crippen molar-refractivity contribution in [1.29, 1.82) is 0 Å². The third-order valence-corrected chi connectivity index (χ3v) is 4.15. The van der Waals surface area contributed by atoms with Crippen LogP contribution in [0.2, 0.25) is 0 Å². The third-order valence-electron chi connectivity index (χ3n) is 4.15. The molecule has 2 heterocycles. The summed E-state index contributed by atoms with van der Waals surface area (Å²) in [5, 5.41) is 12.5. The fraction of sp³-hybridized carbons (Fsp3) is 0.353. The highest BCUT2D eigenvalue weighted by molar-refractivity contribution is 6.40. The average molecular weight is 328 g/mol. The Hall–Kier alpha value is -2.51. The van der Waals surface area contributed by atoms with Crippen LogP contribution in [0.3, 0.4) is 0 Å². The molecule has 126 valence electrons. The number of β-amino-alcohol motifs (C(OH)–C–C–N with tert-alkyl or cyclic N) is 1. The number of aliphatic hydroxyl groups excluding tert-OH is 1. The van der Waals surface area contributed by atoms with Crippen molar-refractivity contribution in [3.8, 4) is 0 Å². The monoisotopic (exact) mass is 328 g/mol. The van der Waals surface area contributed by atoms with E-state index < -0.39 is 11.8 Å². The molecule has 1 aliphatic heterocycles. The van der Waals surface area contributed by atoms with Gasteiger partial charge in [0.25, 0.3) is 0 Å². The molecule has 1 aliphatic rings. The van der Waals surface area contributed by atoms with Gasteiger partial charge in [-0.15, -0.1) is 0 Å². The Morgan fingerprint density at radius 3 is 2.62 bits per heavy atom. The van der Waals surface area contributed by atoms with Crippen LogP contribution in [0, 0.1) is 0 Å². The summed E-state index contributed by atoms with van der Waals surface area (Å²) >= 11 is 0. The minimum absolute atomic E-state index is 0.0997. The smallest absolute Gasteiger partial charge is 0.313 e. The van der Waals surface area contributed by atoms with Crippen molar-refractivity contribution < 1.29 is 14.7 Å². The van der Waals surface area contributed by atoms with Crippen LogP contribution in [0.4, 0.5) is 5.69 Å². The molecule has 0 spiro atoms. The molecule has 7 heteroatoms. The first kappa shape index (κ1) is 16.4. The summed E-state index contributed by atoms with van der Waals surface area (Å²) in [4.78, 5) is 32.5. The Kier molecular flexibility index (Phi) is 5.02. The molecule has 1 saturated heterocycles. The largest absolute Gasteiger partial charge is 0.395 e. The van der Waals surface area contributed by atoms with Crippen molar-refractivity contribution >= 4 is 28.4 Å². The Bertz CT molecular complexity index is 736. The number of fused-ring (bicyclic) bond motifs is 1. The molecular formula is C17H20N4O3. The van der Waals surface area contributed by atoms with Crippen molar-refractivity contribution in [3.05, 3.63) is 36.5 Å². The zero-order valence-electron chi connectivity index (χ0n) is 13.3. The predicted molar refractivity (Wildman–Crippen MR) is 90.5 cm³/mol. The zero-order chi connectivity index (χ0) is 16.9. The van der Waals surface area contributed by atoms with Crippen LogP contribution in [0.1, 0.15) is 0 Å². The first-order valence-electron chi connectivity index (χ1n) is 7.96. The lowest BCUT2D eigenvalue weighted by Crippen LogP contribution is -2.52. The standard InChI is InChI=1S/C17H20N4O3/c22-12-11-20-7-9-21(10-8-20)17(24)16(23)19-14-5-1-3-13-4-2-6-18-15(13)14/h1-6,22H,7-12H2,(H,19,23). The number of piperazine rings is 1. The van der Waals surface area contributed by atoms with E-state index in [1.807, 2.05) is 24.3 Å². The highest BCUT2D eigenvalue weighted by atomic mass is 16.3. The second kappa shape index (κ2) is 7.37. The van der Waals surface area contributed by atoms with Gasteiger partial charge in [0, 0.05) is 44.3 Å². The molecule has 0 atom stereocenters. The fourth-order valence-corrected chi connectivity index (χ4v) is 2.84. The number of para-hydroxylation sites is 1. The van der Waals surface area contributed by atoms with Crippen LogP contribution in [-0.4, -0.2) is 71.0 Å². The molecule has 2 aromatic rings. The normalized spacial score (nSPS) is 15.5. The summed E-state index contributed by atoms with van der Waals surface area (Å²) in [6, 6.07) is 9.18. The summed E-state index contributed by atoms with van der Waals surface area (Å²) in [5.74, 6) is -1.18. The number of nitrogens with zero attached hydrogens (tertiary/aromatic N) is 3. The second-order valence-electron chi connectivity index (χ2n) is 5.69. The molecule has 0 radical (unpaired) electrons. The van der Waals surface area contributed by atoms with Gasteiger partial charge in [0.05, 0.1) is 17.8 Å². The van der Waals surface area contributed by atoms with Gasteiger partial charge in [-0.05, 0) is 12.1 Å². The Morgan fingerprint density at radius 1 is 1.12 bits per heavy atom. The molecule has 1 aromatic carbocycles. The number of hydrogen-bond donors (Lipinski definition) is 2. The van der Waals surface area contributed by atoms with Crippen LogP contribution in [0.15, 0.2) is 36.5 Å². The van der Waals surface area contributed by atoms with E-state index in [4.69, 9.17) is 5.11 Å². The lowest BCUT2D eigenvalue weighted by Gasteiger charge is -2.33. The lowest BCUT2D eigenvalue weighted by atomic mass is 10.2. The van der Waals surface area contributed by atoms with Crippen molar-refractivity contribution in [2.24, 2.45) is 0 Å². The van der Waals surface area contributed by atoms with E-state index in [2.05, 4.69) is 15.2 Å². The number of aromatic nitrogens is 1. The van der Waals surface area contributed by atoms with E-state index in [0.29, 0.717) is 43.9 Å². The van der Waals surface area contributed by atoms with Crippen LogP contribution in [-0.2, 0) is 9.59 Å². The molecule has 1 fully saturated rings. The number of amides is 2. The number of aliphatic hydroxyl groups is 1. The van der Waals surface area contributed by atoms with Gasteiger partial charge < -0.3 is 15.3 Å². The van der Waals surface area contributed by atoms with Gasteiger partial charge >= 0.3 is 11.8 Å². The number of anilines is 1. The van der Waals surface area contributed by atoms with Gasteiger partial charge in [0.15, 0.2) is 0 Å². The molecule has 3 rings (SSSR count). The van der Waals surface area contributed by atoms with Gasteiger partial charge in [0.1, 0.15) is 0 Å². The molecule has 0 aliphatic carbocycles. The van der Waals surface area contributed by atoms with E-state index in [1.165, 1.54) is 0 Å². The number of benzene rings is 1. The van der Waals surface area contributed by atoms with Crippen molar-refractivity contribution in [3.63, 3.8) is 0 Å². The van der Waals surface area contributed by atoms with E-state index in [1.54, 1.807) is 17.2 Å². The van der Waals surface area contributed by atoms with E-state index in [9.17, 15) is 9.59 Å². The molecule has 2 N–H and O–H groups in total. The first-order valence-corrected chi connectivity index (χ1v) is 7.96. The van der Waals surface area contributed by atoms with Gasteiger partial charge in [0.2, 0.25) is 0 Å². The molecule has 2 amide bonds. The number of hydrogen-bond acceptors (Lipinski definition) is 5. The Morgan fingerprint density at radius 2 is 1.88 bits per heavy atom. The zero-order valence-corrected chi connectivity index (χ0v) is 13.3. The molecular weight excluding hydrogens is 308 g/mol. The SMILES string of the molecule is O=C(Nc1cccc2cccnc12)C(=O)N1CCN(CCO)CC1. The first-order chi connectivity index (χ1) is 11.7. The quantitative estimate of drug-likeness (QED) is 0.792. The van der Waals surface area contributed by atoms with Crippen LogP contribution in [0.25, 0.3) is 10.9 Å². The van der Waals surface area contributed by atoms with E-state index in [-0.39, 0.29) is 6.61 Å².